The SMILES string of the molecule is CCOC(CCNC(=O)[C@@H](N)C(C)(C)C)C(C)C.Cl. The van der Waals surface area contributed by atoms with E-state index in [4.69, 9.17) is 10.5 Å². The van der Waals surface area contributed by atoms with Gasteiger partial charge in [0.25, 0.3) is 0 Å². The molecule has 0 aliphatic carbocycles. The molecule has 0 aromatic carbocycles. The van der Waals surface area contributed by atoms with Crippen LogP contribution >= 0.6 is 12.4 Å². The topological polar surface area (TPSA) is 64.3 Å². The molecule has 0 bridgehead atoms. The minimum absolute atomic E-state index is 0. The number of hydrogen-bond acceptors (Lipinski definition) is 3. The zero-order valence-electron chi connectivity index (χ0n) is 13.2. The van der Waals surface area contributed by atoms with Gasteiger partial charge >= 0.3 is 0 Å². The van der Waals surface area contributed by atoms with Crippen molar-refractivity contribution in [2.24, 2.45) is 17.1 Å². The first-order valence-electron chi connectivity index (χ1n) is 6.85. The standard InChI is InChI=1S/C14H30N2O2.ClH/c1-7-18-11(10(2)3)8-9-16-13(17)12(15)14(4,5)6;/h10-12H,7-9,15H2,1-6H3,(H,16,17);1H/t11?,12-;/m1./s1. The third kappa shape index (κ3) is 8.45. The van der Waals surface area contributed by atoms with Gasteiger partial charge in [0.15, 0.2) is 0 Å². The Morgan fingerprint density at radius 1 is 1.32 bits per heavy atom. The van der Waals surface area contributed by atoms with Gasteiger partial charge in [-0.2, -0.15) is 0 Å². The molecule has 0 aromatic rings. The Morgan fingerprint density at radius 2 is 1.84 bits per heavy atom. The van der Waals surface area contributed by atoms with Crippen molar-refractivity contribution in [3.63, 3.8) is 0 Å². The van der Waals surface area contributed by atoms with E-state index < -0.39 is 6.04 Å². The summed E-state index contributed by atoms with van der Waals surface area (Å²) in [7, 11) is 0. The highest BCUT2D eigenvalue weighted by Gasteiger charge is 2.27. The maximum atomic E-state index is 11.8. The summed E-state index contributed by atoms with van der Waals surface area (Å²) in [4.78, 5) is 11.8. The van der Waals surface area contributed by atoms with Crippen molar-refractivity contribution in [1.29, 1.82) is 0 Å². The van der Waals surface area contributed by atoms with Gasteiger partial charge in [0, 0.05) is 13.2 Å². The third-order valence-electron chi connectivity index (χ3n) is 3.07. The Kier molecular flexibility index (Phi) is 10.6. The molecule has 0 aliphatic heterocycles. The van der Waals surface area contributed by atoms with E-state index in [-0.39, 0.29) is 29.8 Å². The van der Waals surface area contributed by atoms with Crippen molar-refractivity contribution < 1.29 is 9.53 Å². The lowest BCUT2D eigenvalue weighted by Gasteiger charge is -2.26. The normalized spacial score (nSPS) is 14.7. The molecule has 116 valence electrons. The van der Waals surface area contributed by atoms with Gasteiger partial charge in [-0.05, 0) is 24.7 Å². The van der Waals surface area contributed by atoms with E-state index in [2.05, 4.69) is 19.2 Å². The average Bonchev–Trinajstić information content (AvgIpc) is 2.25. The van der Waals surface area contributed by atoms with Crippen LogP contribution in [0.5, 0.6) is 0 Å². The van der Waals surface area contributed by atoms with E-state index in [1.165, 1.54) is 0 Å². The predicted molar refractivity (Wildman–Crippen MR) is 82.6 cm³/mol. The summed E-state index contributed by atoms with van der Waals surface area (Å²) in [5.74, 6) is 0.375. The predicted octanol–water partition coefficient (Wildman–Crippen LogP) is 2.35. The van der Waals surface area contributed by atoms with Gasteiger partial charge in [0.05, 0.1) is 12.1 Å². The molecule has 1 unspecified atom stereocenters. The summed E-state index contributed by atoms with van der Waals surface area (Å²) in [5.41, 5.74) is 5.68. The van der Waals surface area contributed by atoms with Gasteiger partial charge in [-0.1, -0.05) is 34.6 Å². The second-order valence-electron chi connectivity index (χ2n) is 6.16. The van der Waals surface area contributed by atoms with Gasteiger partial charge in [0.2, 0.25) is 5.91 Å². The van der Waals surface area contributed by atoms with Gasteiger partial charge in [-0.25, -0.2) is 0 Å². The van der Waals surface area contributed by atoms with Crippen LogP contribution in [0, 0.1) is 11.3 Å². The molecule has 0 heterocycles. The summed E-state index contributed by atoms with van der Waals surface area (Å²) >= 11 is 0. The van der Waals surface area contributed by atoms with Crippen LogP contribution in [0.3, 0.4) is 0 Å². The Hall–Kier alpha value is -0.320. The fourth-order valence-electron chi connectivity index (χ4n) is 1.66. The number of nitrogens with one attached hydrogen (secondary N) is 1. The summed E-state index contributed by atoms with van der Waals surface area (Å²) in [5, 5.41) is 2.89. The number of hydrogen-bond donors (Lipinski definition) is 2. The van der Waals surface area contributed by atoms with E-state index in [0.717, 1.165) is 6.42 Å². The summed E-state index contributed by atoms with van der Waals surface area (Å²) < 4.78 is 5.63. The highest BCUT2D eigenvalue weighted by atomic mass is 35.5. The Balaban J connectivity index is 0. The minimum Gasteiger partial charge on any atom is -0.378 e. The number of nitrogens with two attached hydrogens (primary N) is 1. The molecule has 0 saturated carbocycles. The van der Waals surface area contributed by atoms with Crippen LogP contribution < -0.4 is 11.1 Å². The Bertz CT molecular complexity index is 252. The molecule has 0 rings (SSSR count). The second-order valence-corrected chi connectivity index (χ2v) is 6.16. The highest BCUT2D eigenvalue weighted by Crippen LogP contribution is 2.17. The van der Waals surface area contributed by atoms with Gasteiger partial charge in [-0.3, -0.25) is 4.79 Å². The zero-order chi connectivity index (χ0) is 14.3. The maximum Gasteiger partial charge on any atom is 0.237 e. The van der Waals surface area contributed by atoms with E-state index >= 15 is 0 Å². The molecule has 0 spiro atoms. The first kappa shape index (κ1) is 21.0. The van der Waals surface area contributed by atoms with Crippen molar-refractivity contribution >= 4 is 18.3 Å². The number of halogens is 1. The van der Waals surface area contributed by atoms with Crippen LogP contribution in [0.2, 0.25) is 0 Å². The lowest BCUT2D eigenvalue weighted by atomic mass is 9.87. The quantitative estimate of drug-likeness (QED) is 0.757. The molecule has 0 aliphatic rings. The molecule has 0 saturated heterocycles. The van der Waals surface area contributed by atoms with Crippen LogP contribution in [-0.2, 0) is 9.53 Å². The molecular formula is C14H31ClN2O2. The maximum absolute atomic E-state index is 11.8. The Morgan fingerprint density at radius 3 is 2.21 bits per heavy atom. The van der Waals surface area contributed by atoms with Gasteiger partial charge in [0.1, 0.15) is 0 Å². The molecule has 3 N–H and O–H groups in total. The van der Waals surface area contributed by atoms with Crippen LogP contribution in [0.4, 0.5) is 0 Å². The van der Waals surface area contributed by atoms with Crippen LogP contribution in [-0.4, -0.2) is 31.2 Å². The van der Waals surface area contributed by atoms with Crippen molar-refractivity contribution in [2.75, 3.05) is 13.2 Å². The van der Waals surface area contributed by atoms with Gasteiger partial charge in [-0.15, -0.1) is 12.4 Å². The largest absolute Gasteiger partial charge is 0.378 e. The number of ether oxygens (including phenoxy) is 1. The third-order valence-corrected chi connectivity index (χ3v) is 3.07. The molecule has 0 radical (unpaired) electrons. The van der Waals surface area contributed by atoms with Crippen molar-refractivity contribution in [1.82, 2.24) is 5.32 Å². The minimum atomic E-state index is -0.470. The number of rotatable bonds is 7. The number of carbonyl (C=O) groups excluding carboxylic acids is 1. The monoisotopic (exact) mass is 294 g/mol. The molecular weight excluding hydrogens is 264 g/mol. The second kappa shape index (κ2) is 9.56. The van der Waals surface area contributed by atoms with Crippen LogP contribution in [0.1, 0.15) is 48.0 Å². The average molecular weight is 295 g/mol. The molecule has 2 atom stereocenters. The van der Waals surface area contributed by atoms with Gasteiger partial charge < -0.3 is 15.8 Å². The number of carbonyl (C=O) groups is 1. The molecule has 5 heteroatoms. The summed E-state index contributed by atoms with van der Waals surface area (Å²) in [6.45, 7) is 13.5. The fraction of sp³-hybridized carbons (Fsp3) is 0.929. The van der Waals surface area contributed by atoms with E-state index in [9.17, 15) is 4.79 Å². The first-order valence-corrected chi connectivity index (χ1v) is 6.85. The van der Waals surface area contributed by atoms with E-state index in [0.29, 0.717) is 19.1 Å². The molecule has 1 amide bonds. The van der Waals surface area contributed by atoms with E-state index in [1.807, 2.05) is 27.7 Å². The molecule has 19 heavy (non-hydrogen) atoms. The van der Waals surface area contributed by atoms with Crippen molar-refractivity contribution in [2.45, 2.75) is 60.1 Å². The summed E-state index contributed by atoms with van der Waals surface area (Å²) in [6.07, 6.45) is 1.02. The fourth-order valence-corrected chi connectivity index (χ4v) is 1.66. The smallest absolute Gasteiger partial charge is 0.237 e. The molecule has 0 fully saturated rings. The van der Waals surface area contributed by atoms with Crippen LogP contribution in [0.15, 0.2) is 0 Å². The van der Waals surface area contributed by atoms with Crippen molar-refractivity contribution in [3.05, 3.63) is 0 Å². The van der Waals surface area contributed by atoms with E-state index in [1.54, 1.807) is 0 Å². The highest BCUT2D eigenvalue weighted by molar-refractivity contribution is 5.85. The molecule has 4 nitrogen and oxygen atoms in total. The summed E-state index contributed by atoms with van der Waals surface area (Å²) in [6, 6.07) is -0.470. The van der Waals surface area contributed by atoms with Crippen LogP contribution in [0.25, 0.3) is 0 Å². The number of amides is 1. The lowest BCUT2D eigenvalue weighted by Crippen LogP contribution is -2.49. The zero-order valence-corrected chi connectivity index (χ0v) is 14.0. The lowest BCUT2D eigenvalue weighted by molar-refractivity contribution is -0.124. The first-order chi connectivity index (χ1) is 8.20. The molecule has 0 aromatic heterocycles. The van der Waals surface area contributed by atoms with Crippen molar-refractivity contribution in [3.8, 4) is 0 Å². The Labute approximate surface area is 124 Å².